The highest BCUT2D eigenvalue weighted by Gasteiger charge is 2.32. The molecule has 12 nitrogen and oxygen atoms in total. The van der Waals surface area contributed by atoms with Crippen LogP contribution in [0.3, 0.4) is 0 Å². The number of aliphatic hydroxyl groups is 1. The first-order chi connectivity index (χ1) is 16.1. The van der Waals surface area contributed by atoms with E-state index >= 15 is 0 Å². The summed E-state index contributed by atoms with van der Waals surface area (Å²) in [6.45, 7) is 2.22. The van der Waals surface area contributed by atoms with Gasteiger partial charge >= 0.3 is 5.97 Å². The summed E-state index contributed by atoms with van der Waals surface area (Å²) in [4.78, 5) is 49.6. The van der Waals surface area contributed by atoms with Crippen LogP contribution in [-0.2, 0) is 19.2 Å². The highest BCUT2D eigenvalue weighted by molar-refractivity contribution is 7.98. The minimum atomic E-state index is -1.34. The summed E-state index contributed by atoms with van der Waals surface area (Å²) in [5.74, 6) is -2.70. The number of unbranched alkanes of at least 4 members (excludes halogenated alkanes) is 2. The van der Waals surface area contributed by atoms with Crippen molar-refractivity contribution in [3.63, 3.8) is 0 Å². The Hall–Kier alpha value is -1.93. The van der Waals surface area contributed by atoms with E-state index in [1.54, 1.807) is 0 Å². The quantitative estimate of drug-likeness (QED) is 0.0921. The molecular formula is C21H42N6O6S. The highest BCUT2D eigenvalue weighted by atomic mass is 32.2. The fourth-order valence-electron chi connectivity index (χ4n) is 3.09. The zero-order valence-corrected chi connectivity index (χ0v) is 20.9. The summed E-state index contributed by atoms with van der Waals surface area (Å²) in [5.41, 5.74) is 16.7. The lowest BCUT2D eigenvalue weighted by Gasteiger charge is -2.26. The van der Waals surface area contributed by atoms with E-state index in [0.29, 0.717) is 50.9 Å². The molecule has 11 N–H and O–H groups in total. The molecule has 0 fully saturated rings. The topological polar surface area (TPSA) is 223 Å². The number of nitrogens with two attached hydrogens (primary N) is 3. The van der Waals surface area contributed by atoms with Gasteiger partial charge in [0.1, 0.15) is 18.1 Å². The van der Waals surface area contributed by atoms with E-state index < -0.39 is 54.0 Å². The van der Waals surface area contributed by atoms with Gasteiger partial charge in [-0.05, 0) is 70.5 Å². The van der Waals surface area contributed by atoms with E-state index in [4.69, 9.17) is 17.2 Å². The summed E-state index contributed by atoms with van der Waals surface area (Å²) >= 11 is 1.45. The summed E-state index contributed by atoms with van der Waals surface area (Å²) in [6.07, 6.45) is 3.87. The molecule has 0 aromatic rings. The Labute approximate surface area is 205 Å². The number of thioether (sulfide) groups is 1. The van der Waals surface area contributed by atoms with Gasteiger partial charge in [0.2, 0.25) is 17.7 Å². The number of rotatable bonds is 19. The zero-order valence-electron chi connectivity index (χ0n) is 20.1. The second kappa shape index (κ2) is 18.4. The van der Waals surface area contributed by atoms with Crippen LogP contribution in [-0.4, -0.2) is 89.3 Å². The van der Waals surface area contributed by atoms with Crippen molar-refractivity contribution in [2.45, 2.75) is 82.1 Å². The van der Waals surface area contributed by atoms with Gasteiger partial charge in [-0.25, -0.2) is 4.79 Å². The minimum Gasteiger partial charge on any atom is -0.480 e. The van der Waals surface area contributed by atoms with Gasteiger partial charge in [0, 0.05) is 0 Å². The zero-order chi connectivity index (χ0) is 26.1. The third-order valence-corrected chi connectivity index (χ3v) is 5.82. The van der Waals surface area contributed by atoms with Crippen LogP contribution in [0.4, 0.5) is 0 Å². The summed E-state index contributed by atoms with van der Waals surface area (Å²) in [6, 6.07) is -4.38. The summed E-state index contributed by atoms with van der Waals surface area (Å²) in [5, 5.41) is 26.9. The van der Waals surface area contributed by atoms with Crippen LogP contribution in [0.1, 0.15) is 51.9 Å². The van der Waals surface area contributed by atoms with E-state index in [2.05, 4.69) is 16.0 Å². The van der Waals surface area contributed by atoms with Gasteiger partial charge in [0.05, 0.1) is 12.1 Å². The van der Waals surface area contributed by atoms with Crippen LogP contribution in [0.5, 0.6) is 0 Å². The number of hydrogen-bond acceptors (Lipinski definition) is 9. The molecule has 0 saturated heterocycles. The predicted molar refractivity (Wildman–Crippen MR) is 132 cm³/mol. The first-order valence-electron chi connectivity index (χ1n) is 11.6. The highest BCUT2D eigenvalue weighted by Crippen LogP contribution is 2.07. The minimum absolute atomic E-state index is 0.204. The third-order valence-electron chi connectivity index (χ3n) is 5.17. The molecule has 3 amide bonds. The van der Waals surface area contributed by atoms with Gasteiger partial charge in [-0.15, -0.1) is 0 Å². The van der Waals surface area contributed by atoms with E-state index in [9.17, 15) is 29.4 Å². The molecule has 0 radical (unpaired) electrons. The predicted octanol–water partition coefficient (Wildman–Crippen LogP) is -1.76. The van der Waals surface area contributed by atoms with Gasteiger partial charge in [0.25, 0.3) is 0 Å². The number of aliphatic hydroxyl groups excluding tert-OH is 1. The molecule has 0 aromatic heterocycles. The van der Waals surface area contributed by atoms with Crippen LogP contribution in [0.15, 0.2) is 0 Å². The average Bonchev–Trinajstić information content (AvgIpc) is 2.78. The Balaban J connectivity index is 5.26. The van der Waals surface area contributed by atoms with Gasteiger partial charge in [0.15, 0.2) is 0 Å². The molecule has 0 aromatic carbocycles. The van der Waals surface area contributed by atoms with Crippen molar-refractivity contribution in [2.24, 2.45) is 17.2 Å². The number of aliphatic carboxylic acids is 1. The number of hydrogen-bond donors (Lipinski definition) is 8. The number of carboxylic acid groups (broad SMARTS) is 1. The fourth-order valence-corrected chi connectivity index (χ4v) is 3.57. The second-order valence-electron chi connectivity index (χ2n) is 8.14. The molecular weight excluding hydrogens is 464 g/mol. The molecule has 0 spiro atoms. The average molecular weight is 507 g/mol. The number of carbonyl (C=O) groups excluding carboxylic acids is 3. The first kappa shape index (κ1) is 32.1. The van der Waals surface area contributed by atoms with Crippen molar-refractivity contribution in [3.05, 3.63) is 0 Å². The third kappa shape index (κ3) is 13.1. The Morgan fingerprint density at radius 3 is 1.88 bits per heavy atom. The Bertz CT molecular complexity index is 639. The molecule has 0 bridgehead atoms. The normalized spacial score (nSPS) is 15.5. The molecule has 5 unspecified atom stereocenters. The van der Waals surface area contributed by atoms with Crippen molar-refractivity contribution in [1.82, 2.24) is 16.0 Å². The molecule has 0 rings (SSSR count). The van der Waals surface area contributed by atoms with E-state index in [0.717, 1.165) is 0 Å². The van der Waals surface area contributed by atoms with Crippen LogP contribution in [0.25, 0.3) is 0 Å². The van der Waals surface area contributed by atoms with Crippen molar-refractivity contribution in [2.75, 3.05) is 25.1 Å². The monoisotopic (exact) mass is 506 g/mol. The van der Waals surface area contributed by atoms with Crippen molar-refractivity contribution >= 4 is 35.5 Å². The molecule has 0 heterocycles. The van der Waals surface area contributed by atoms with E-state index in [1.165, 1.54) is 18.7 Å². The molecule has 13 heteroatoms. The molecule has 0 aliphatic heterocycles. The van der Waals surface area contributed by atoms with Gasteiger partial charge in [-0.2, -0.15) is 11.8 Å². The van der Waals surface area contributed by atoms with E-state index in [1.807, 2.05) is 6.26 Å². The van der Waals surface area contributed by atoms with Crippen LogP contribution in [0, 0.1) is 0 Å². The first-order valence-corrected chi connectivity index (χ1v) is 12.9. The Morgan fingerprint density at radius 2 is 1.38 bits per heavy atom. The molecule has 0 saturated carbocycles. The van der Waals surface area contributed by atoms with Crippen LogP contribution in [0.2, 0.25) is 0 Å². The lowest BCUT2D eigenvalue weighted by molar-refractivity contribution is -0.142. The SMILES string of the molecule is CSCCC(NC(=O)C(NC(=O)C(N)CCCCN)C(C)O)C(=O)NC(CCCCN)C(=O)O. The molecule has 0 aliphatic carbocycles. The van der Waals surface area contributed by atoms with Crippen molar-refractivity contribution in [3.8, 4) is 0 Å². The summed E-state index contributed by atoms with van der Waals surface area (Å²) < 4.78 is 0. The Kier molecular flexibility index (Phi) is 17.4. The van der Waals surface area contributed by atoms with Crippen LogP contribution >= 0.6 is 11.8 Å². The number of carboxylic acids is 1. The Morgan fingerprint density at radius 1 is 0.824 bits per heavy atom. The molecule has 34 heavy (non-hydrogen) atoms. The second-order valence-corrected chi connectivity index (χ2v) is 9.13. The lowest BCUT2D eigenvalue weighted by Crippen LogP contribution is -2.59. The van der Waals surface area contributed by atoms with E-state index in [-0.39, 0.29) is 12.8 Å². The van der Waals surface area contributed by atoms with Gasteiger partial charge < -0.3 is 43.4 Å². The largest absolute Gasteiger partial charge is 0.480 e. The van der Waals surface area contributed by atoms with Gasteiger partial charge in [-0.1, -0.05) is 6.42 Å². The standard InChI is InChI=1S/C21H42N6O6S/c1-13(28)17(27-18(29)14(24)7-3-5-10-22)20(31)25-15(9-12-34-2)19(30)26-16(21(32)33)8-4-6-11-23/h13-17,28H,3-12,22-24H2,1-2H3,(H,25,31)(H,26,30)(H,27,29)(H,32,33). The number of carbonyl (C=O) groups is 4. The van der Waals surface area contributed by atoms with Crippen molar-refractivity contribution in [1.29, 1.82) is 0 Å². The number of amides is 3. The maximum absolute atomic E-state index is 12.9. The maximum atomic E-state index is 12.9. The molecule has 198 valence electrons. The maximum Gasteiger partial charge on any atom is 0.326 e. The smallest absolute Gasteiger partial charge is 0.326 e. The van der Waals surface area contributed by atoms with Crippen molar-refractivity contribution < 1.29 is 29.4 Å². The lowest BCUT2D eigenvalue weighted by atomic mass is 10.1. The number of nitrogens with one attached hydrogen (secondary N) is 3. The fraction of sp³-hybridized carbons (Fsp3) is 0.810. The van der Waals surface area contributed by atoms with Crippen LogP contribution < -0.4 is 33.2 Å². The summed E-state index contributed by atoms with van der Waals surface area (Å²) in [7, 11) is 0. The van der Waals surface area contributed by atoms with Gasteiger partial charge in [-0.3, -0.25) is 14.4 Å². The molecule has 5 atom stereocenters. The molecule has 0 aliphatic rings.